The maximum absolute atomic E-state index is 8.97. The molecule has 2 rings (SSSR count). The van der Waals surface area contributed by atoms with Gasteiger partial charge in [0.05, 0.1) is 0 Å². The van der Waals surface area contributed by atoms with Gasteiger partial charge < -0.3 is 5.21 Å². The van der Waals surface area contributed by atoms with Crippen molar-refractivity contribution in [2.45, 2.75) is 0 Å². The van der Waals surface area contributed by atoms with E-state index in [1.165, 1.54) is 0 Å². The van der Waals surface area contributed by atoms with Crippen LogP contribution in [0.3, 0.4) is 0 Å². The first-order valence-electron chi connectivity index (χ1n) is 5.26. The Bertz CT molecular complexity index is 518. The van der Waals surface area contributed by atoms with Crippen molar-refractivity contribution in [2.24, 2.45) is 5.16 Å². The zero-order chi connectivity index (χ0) is 11.9. The summed E-state index contributed by atoms with van der Waals surface area (Å²) in [4.78, 5) is 3.98. The smallest absolute Gasteiger partial charge is 0.111 e. The maximum atomic E-state index is 8.97. The van der Waals surface area contributed by atoms with Gasteiger partial charge in [-0.2, -0.15) is 0 Å². The fraction of sp³-hybridized carbons (Fsp3) is 0. The Morgan fingerprint density at radius 3 is 2.59 bits per heavy atom. The predicted molar refractivity (Wildman–Crippen MR) is 68.0 cm³/mol. The molecule has 3 nitrogen and oxygen atoms in total. The van der Waals surface area contributed by atoms with E-state index in [2.05, 4.69) is 10.1 Å². The molecule has 0 spiro atoms. The van der Waals surface area contributed by atoms with Crippen molar-refractivity contribution in [3.05, 3.63) is 72.1 Å². The van der Waals surface area contributed by atoms with Crippen LogP contribution in [0.15, 0.2) is 66.1 Å². The number of rotatable bonds is 3. The maximum Gasteiger partial charge on any atom is 0.111 e. The molecule has 3 heteroatoms. The Hall–Kier alpha value is -2.42. The minimum atomic E-state index is 0.488. The quantitative estimate of drug-likeness (QED) is 0.495. The third-order valence-electron chi connectivity index (χ3n) is 2.30. The third-order valence-corrected chi connectivity index (χ3v) is 2.30. The Kier molecular flexibility index (Phi) is 3.65. The highest BCUT2D eigenvalue weighted by Crippen LogP contribution is 2.05. The summed E-state index contributed by atoms with van der Waals surface area (Å²) in [5, 5.41) is 12.2. The molecule has 0 saturated carbocycles. The van der Waals surface area contributed by atoms with Gasteiger partial charge in [0.2, 0.25) is 0 Å². The summed E-state index contributed by atoms with van der Waals surface area (Å²) < 4.78 is 0. The first-order valence-corrected chi connectivity index (χ1v) is 5.26. The van der Waals surface area contributed by atoms with Crippen LogP contribution in [-0.4, -0.2) is 15.9 Å². The largest absolute Gasteiger partial charge is 0.410 e. The number of benzene rings is 1. The van der Waals surface area contributed by atoms with Gasteiger partial charge in [-0.25, -0.2) is 0 Å². The second kappa shape index (κ2) is 5.61. The molecule has 0 unspecified atom stereocenters. The van der Waals surface area contributed by atoms with E-state index in [9.17, 15) is 0 Å². The minimum Gasteiger partial charge on any atom is -0.410 e. The van der Waals surface area contributed by atoms with Crippen molar-refractivity contribution in [3.63, 3.8) is 0 Å². The predicted octanol–water partition coefficient (Wildman–Crippen LogP) is 2.97. The summed E-state index contributed by atoms with van der Waals surface area (Å²) in [6.07, 6.45) is 6.98. The molecular weight excluding hydrogens is 212 g/mol. The molecule has 0 amide bonds. The Morgan fingerprint density at radius 2 is 1.94 bits per heavy atom. The average Bonchev–Trinajstić information content (AvgIpc) is 2.42. The summed E-state index contributed by atoms with van der Waals surface area (Å²) in [7, 11) is 0. The molecule has 0 bridgehead atoms. The van der Waals surface area contributed by atoms with E-state index in [0.717, 1.165) is 11.1 Å². The van der Waals surface area contributed by atoms with Crippen molar-refractivity contribution in [1.29, 1.82) is 0 Å². The van der Waals surface area contributed by atoms with E-state index in [-0.39, 0.29) is 0 Å². The molecule has 0 fully saturated rings. The van der Waals surface area contributed by atoms with Crippen LogP contribution in [0.2, 0.25) is 0 Å². The van der Waals surface area contributed by atoms with Crippen LogP contribution < -0.4 is 0 Å². The van der Waals surface area contributed by atoms with Gasteiger partial charge in [0, 0.05) is 18.0 Å². The van der Waals surface area contributed by atoms with Crippen molar-refractivity contribution < 1.29 is 5.21 Å². The zero-order valence-corrected chi connectivity index (χ0v) is 9.19. The lowest BCUT2D eigenvalue weighted by atomic mass is 10.1. The Morgan fingerprint density at radius 1 is 1.12 bits per heavy atom. The highest BCUT2D eigenvalue weighted by molar-refractivity contribution is 6.10. The molecule has 0 atom stereocenters. The van der Waals surface area contributed by atoms with Gasteiger partial charge >= 0.3 is 0 Å². The molecule has 1 heterocycles. The van der Waals surface area contributed by atoms with Crippen LogP contribution in [0.25, 0.3) is 6.08 Å². The Labute approximate surface area is 99.8 Å². The van der Waals surface area contributed by atoms with Crippen molar-refractivity contribution in [3.8, 4) is 0 Å². The molecule has 17 heavy (non-hydrogen) atoms. The number of hydrogen-bond acceptors (Lipinski definition) is 3. The number of pyridine rings is 1. The van der Waals surface area contributed by atoms with Crippen molar-refractivity contribution in [1.82, 2.24) is 4.98 Å². The lowest BCUT2D eigenvalue weighted by Gasteiger charge is -1.97. The minimum absolute atomic E-state index is 0.488. The molecule has 1 aromatic heterocycles. The second-order valence-corrected chi connectivity index (χ2v) is 3.47. The fourth-order valence-corrected chi connectivity index (χ4v) is 1.44. The monoisotopic (exact) mass is 224 g/mol. The van der Waals surface area contributed by atoms with Gasteiger partial charge in [0.1, 0.15) is 5.71 Å². The molecule has 84 valence electrons. The fourth-order valence-electron chi connectivity index (χ4n) is 1.44. The Balaban J connectivity index is 2.20. The van der Waals surface area contributed by atoms with E-state index < -0.39 is 0 Å². The van der Waals surface area contributed by atoms with Crippen LogP contribution in [0.1, 0.15) is 11.1 Å². The van der Waals surface area contributed by atoms with Crippen LogP contribution in [0, 0.1) is 0 Å². The number of nitrogens with zero attached hydrogens (tertiary/aromatic N) is 2. The average molecular weight is 224 g/mol. The molecule has 2 aromatic rings. The van der Waals surface area contributed by atoms with Gasteiger partial charge in [-0.15, -0.1) is 0 Å². The zero-order valence-electron chi connectivity index (χ0n) is 9.19. The van der Waals surface area contributed by atoms with E-state index >= 15 is 0 Å². The summed E-state index contributed by atoms with van der Waals surface area (Å²) >= 11 is 0. The molecule has 1 N–H and O–H groups in total. The van der Waals surface area contributed by atoms with Crippen LogP contribution in [-0.2, 0) is 0 Å². The molecular formula is C14H12N2O. The summed E-state index contributed by atoms with van der Waals surface area (Å²) in [6, 6.07) is 13.5. The van der Waals surface area contributed by atoms with Gasteiger partial charge in [0.25, 0.3) is 0 Å². The lowest BCUT2D eigenvalue weighted by Crippen LogP contribution is -1.96. The molecule has 1 aromatic carbocycles. The topological polar surface area (TPSA) is 45.5 Å². The number of aromatic nitrogens is 1. The highest BCUT2D eigenvalue weighted by atomic mass is 16.4. The van der Waals surface area contributed by atoms with Crippen LogP contribution in [0.4, 0.5) is 0 Å². The highest BCUT2D eigenvalue weighted by Gasteiger charge is 1.99. The van der Waals surface area contributed by atoms with Gasteiger partial charge in [0.15, 0.2) is 0 Å². The molecule has 0 aliphatic rings. The van der Waals surface area contributed by atoms with Gasteiger partial charge in [-0.3, -0.25) is 4.98 Å². The lowest BCUT2D eigenvalue weighted by molar-refractivity contribution is 0.320. The van der Waals surface area contributed by atoms with E-state index in [1.54, 1.807) is 24.5 Å². The van der Waals surface area contributed by atoms with Crippen LogP contribution >= 0.6 is 0 Å². The molecule has 0 aliphatic carbocycles. The van der Waals surface area contributed by atoms with Crippen molar-refractivity contribution in [2.75, 3.05) is 0 Å². The van der Waals surface area contributed by atoms with Crippen LogP contribution in [0.5, 0.6) is 0 Å². The van der Waals surface area contributed by atoms with Gasteiger partial charge in [-0.05, 0) is 23.8 Å². The van der Waals surface area contributed by atoms with E-state index in [0.29, 0.717) is 5.71 Å². The first-order chi connectivity index (χ1) is 8.40. The summed E-state index contributed by atoms with van der Waals surface area (Å²) in [6.45, 7) is 0. The van der Waals surface area contributed by atoms with E-state index in [1.807, 2.05) is 42.5 Å². The van der Waals surface area contributed by atoms with Gasteiger partial charge in [-0.1, -0.05) is 41.6 Å². The molecule has 0 saturated heterocycles. The number of allylic oxidation sites excluding steroid dienone is 1. The first kappa shape index (κ1) is 11.1. The standard InChI is InChI=1S/C14H12N2O/c17-16-14(13-7-4-10-15-11-13)9-8-12-5-2-1-3-6-12/h1-11,17H. The number of oxime groups is 1. The molecule has 0 aliphatic heterocycles. The molecule has 0 radical (unpaired) electrons. The second-order valence-electron chi connectivity index (χ2n) is 3.47. The number of hydrogen-bond donors (Lipinski definition) is 1. The summed E-state index contributed by atoms with van der Waals surface area (Å²) in [5.74, 6) is 0. The van der Waals surface area contributed by atoms with E-state index in [4.69, 9.17) is 5.21 Å². The van der Waals surface area contributed by atoms with Crippen molar-refractivity contribution >= 4 is 11.8 Å². The SMILES string of the molecule is ON=C(C=Cc1ccccc1)c1cccnc1. The third kappa shape index (κ3) is 3.01. The normalized spacial score (nSPS) is 11.9. The summed E-state index contributed by atoms with van der Waals surface area (Å²) in [5.41, 5.74) is 2.32.